The van der Waals surface area contributed by atoms with E-state index in [0.29, 0.717) is 5.78 Å². The lowest BCUT2D eigenvalue weighted by Gasteiger charge is -2.16. The third kappa shape index (κ3) is 1.37. The van der Waals surface area contributed by atoms with Crippen molar-refractivity contribution in [3.8, 4) is 0 Å². The maximum Gasteiger partial charge on any atom is 0.356 e. The van der Waals surface area contributed by atoms with E-state index in [0.717, 1.165) is 5.82 Å². The van der Waals surface area contributed by atoms with Gasteiger partial charge in [-0.1, -0.05) is 20.8 Å². The van der Waals surface area contributed by atoms with Crippen LogP contribution in [0.25, 0.3) is 5.78 Å². The maximum absolute atomic E-state index is 10.9. The van der Waals surface area contributed by atoms with E-state index in [-0.39, 0.29) is 11.1 Å². The molecule has 86 valence electrons. The third-order valence-corrected chi connectivity index (χ3v) is 2.42. The molecule has 0 aliphatic heterocycles. The van der Waals surface area contributed by atoms with Gasteiger partial charge < -0.3 is 5.11 Å². The Labute approximate surface area is 92.5 Å². The lowest BCUT2D eigenvalue weighted by atomic mass is 9.96. The van der Waals surface area contributed by atoms with E-state index in [2.05, 4.69) is 10.1 Å². The second kappa shape index (κ2) is 3.07. The standard InChI is InChI=1S/C10H14N4O2/c1-10(2,3)8-12-14-6(7(15)16)5-11-9(14)13(8)4/h5H,1-4H3,(H,15,16). The molecule has 0 radical (unpaired) electrons. The van der Waals surface area contributed by atoms with Crippen molar-refractivity contribution in [1.82, 2.24) is 19.2 Å². The fraction of sp³-hybridized carbons (Fsp3) is 0.500. The molecule has 0 fully saturated rings. The molecule has 0 aliphatic carbocycles. The number of nitrogens with zero attached hydrogens (tertiary/aromatic N) is 4. The van der Waals surface area contributed by atoms with Crippen molar-refractivity contribution < 1.29 is 9.90 Å². The van der Waals surface area contributed by atoms with E-state index in [1.165, 1.54) is 10.7 Å². The Morgan fingerprint density at radius 1 is 1.44 bits per heavy atom. The van der Waals surface area contributed by atoms with Gasteiger partial charge in [-0.2, -0.15) is 9.61 Å². The van der Waals surface area contributed by atoms with Crippen molar-refractivity contribution >= 4 is 11.7 Å². The quantitative estimate of drug-likeness (QED) is 0.783. The van der Waals surface area contributed by atoms with E-state index < -0.39 is 5.97 Å². The van der Waals surface area contributed by atoms with Gasteiger partial charge >= 0.3 is 5.97 Å². The predicted octanol–water partition coefficient (Wildman–Crippen LogP) is 1.06. The number of aromatic carboxylic acids is 1. The summed E-state index contributed by atoms with van der Waals surface area (Å²) in [5.41, 5.74) is -0.0632. The number of hydrogen-bond donors (Lipinski definition) is 1. The SMILES string of the molecule is Cn1c(C(C)(C)C)nn2c(C(=O)O)cnc12. The highest BCUT2D eigenvalue weighted by atomic mass is 16.4. The molecule has 6 heteroatoms. The van der Waals surface area contributed by atoms with Crippen LogP contribution in [0.5, 0.6) is 0 Å². The summed E-state index contributed by atoms with van der Waals surface area (Å²) in [7, 11) is 1.83. The molecule has 0 aromatic carbocycles. The van der Waals surface area contributed by atoms with Crippen molar-refractivity contribution in [3.05, 3.63) is 17.7 Å². The molecule has 6 nitrogen and oxygen atoms in total. The molecule has 0 atom stereocenters. The molecule has 0 saturated carbocycles. The van der Waals surface area contributed by atoms with Crippen LogP contribution in [0.15, 0.2) is 6.20 Å². The lowest BCUT2D eigenvalue weighted by Crippen LogP contribution is -2.17. The van der Waals surface area contributed by atoms with Crippen molar-refractivity contribution in [2.24, 2.45) is 7.05 Å². The smallest absolute Gasteiger partial charge is 0.356 e. The molecule has 2 aromatic heterocycles. The van der Waals surface area contributed by atoms with Gasteiger partial charge in [-0.15, -0.1) is 0 Å². The summed E-state index contributed by atoms with van der Waals surface area (Å²) in [6.07, 6.45) is 1.32. The second-order valence-corrected chi connectivity index (χ2v) is 4.79. The van der Waals surface area contributed by atoms with Crippen LogP contribution in [0.2, 0.25) is 0 Å². The molecule has 0 unspecified atom stereocenters. The third-order valence-electron chi connectivity index (χ3n) is 2.42. The van der Waals surface area contributed by atoms with Gasteiger partial charge in [0, 0.05) is 12.5 Å². The first-order valence-electron chi connectivity index (χ1n) is 4.96. The Balaban J connectivity index is 2.74. The number of carboxylic acid groups (broad SMARTS) is 1. The Morgan fingerprint density at radius 2 is 2.06 bits per heavy atom. The number of carboxylic acids is 1. The van der Waals surface area contributed by atoms with E-state index in [1.807, 2.05) is 32.4 Å². The van der Waals surface area contributed by atoms with Gasteiger partial charge in [0.1, 0.15) is 5.82 Å². The number of rotatable bonds is 1. The van der Waals surface area contributed by atoms with Crippen LogP contribution in [0.3, 0.4) is 0 Å². The van der Waals surface area contributed by atoms with E-state index in [9.17, 15) is 4.79 Å². The average molecular weight is 222 g/mol. The molecule has 0 saturated heterocycles. The molecule has 2 heterocycles. The minimum absolute atomic E-state index is 0.0844. The van der Waals surface area contributed by atoms with Gasteiger partial charge in [0.2, 0.25) is 5.78 Å². The van der Waals surface area contributed by atoms with Crippen molar-refractivity contribution in [2.45, 2.75) is 26.2 Å². The molecule has 0 amide bonds. The molecule has 0 aliphatic rings. The van der Waals surface area contributed by atoms with Crippen LogP contribution in [0.1, 0.15) is 37.1 Å². The largest absolute Gasteiger partial charge is 0.476 e. The fourth-order valence-corrected chi connectivity index (χ4v) is 1.72. The molecule has 0 spiro atoms. The van der Waals surface area contributed by atoms with Gasteiger partial charge in [0.25, 0.3) is 0 Å². The lowest BCUT2D eigenvalue weighted by molar-refractivity contribution is 0.0688. The van der Waals surface area contributed by atoms with Crippen LogP contribution >= 0.6 is 0 Å². The van der Waals surface area contributed by atoms with Gasteiger partial charge in [0.05, 0.1) is 6.20 Å². The zero-order valence-corrected chi connectivity index (χ0v) is 9.72. The Kier molecular flexibility index (Phi) is 2.04. The van der Waals surface area contributed by atoms with Crippen molar-refractivity contribution in [3.63, 3.8) is 0 Å². The molecular formula is C10H14N4O2. The van der Waals surface area contributed by atoms with Gasteiger partial charge in [-0.05, 0) is 0 Å². The molecule has 2 rings (SSSR count). The van der Waals surface area contributed by atoms with Gasteiger partial charge in [-0.25, -0.2) is 9.78 Å². The number of aryl methyl sites for hydroxylation is 1. The maximum atomic E-state index is 10.9. The first-order chi connectivity index (χ1) is 7.32. The van der Waals surface area contributed by atoms with Crippen molar-refractivity contribution in [1.29, 1.82) is 0 Å². The number of imidazole rings is 1. The second-order valence-electron chi connectivity index (χ2n) is 4.79. The topological polar surface area (TPSA) is 72.4 Å². The monoisotopic (exact) mass is 222 g/mol. The zero-order chi connectivity index (χ0) is 12.1. The molecular weight excluding hydrogens is 208 g/mol. The summed E-state index contributed by atoms with van der Waals surface area (Å²) in [4.78, 5) is 15.0. The summed E-state index contributed by atoms with van der Waals surface area (Å²) in [6, 6.07) is 0. The van der Waals surface area contributed by atoms with E-state index in [1.54, 1.807) is 0 Å². The average Bonchev–Trinajstić information content (AvgIpc) is 2.64. The Morgan fingerprint density at radius 3 is 2.56 bits per heavy atom. The number of hydrogen-bond acceptors (Lipinski definition) is 3. The van der Waals surface area contributed by atoms with Gasteiger partial charge in [0.15, 0.2) is 5.69 Å². The number of carbonyl (C=O) groups is 1. The van der Waals surface area contributed by atoms with Crippen LogP contribution < -0.4 is 0 Å². The molecule has 16 heavy (non-hydrogen) atoms. The van der Waals surface area contributed by atoms with Crippen LogP contribution in [0, 0.1) is 0 Å². The number of fused-ring (bicyclic) bond motifs is 1. The highest BCUT2D eigenvalue weighted by Crippen LogP contribution is 2.21. The van der Waals surface area contributed by atoms with Crippen molar-refractivity contribution in [2.75, 3.05) is 0 Å². The Bertz CT molecular complexity index is 559. The first kappa shape index (κ1) is 10.7. The fourth-order valence-electron chi connectivity index (χ4n) is 1.72. The zero-order valence-electron chi connectivity index (χ0n) is 9.72. The molecule has 2 aromatic rings. The minimum Gasteiger partial charge on any atom is -0.476 e. The molecule has 0 bridgehead atoms. The summed E-state index contributed by atoms with van der Waals surface area (Å²) in [5.74, 6) is 0.325. The van der Waals surface area contributed by atoms with Crippen LogP contribution in [-0.4, -0.2) is 30.2 Å². The van der Waals surface area contributed by atoms with Crippen LogP contribution in [-0.2, 0) is 12.5 Å². The Hall–Kier alpha value is -1.85. The van der Waals surface area contributed by atoms with E-state index >= 15 is 0 Å². The normalized spacial score (nSPS) is 12.2. The summed E-state index contributed by atoms with van der Waals surface area (Å²) in [5, 5.41) is 13.3. The summed E-state index contributed by atoms with van der Waals surface area (Å²) < 4.78 is 3.18. The highest BCUT2D eigenvalue weighted by Gasteiger charge is 2.24. The van der Waals surface area contributed by atoms with Gasteiger partial charge in [-0.3, -0.25) is 4.57 Å². The number of aromatic nitrogens is 4. The summed E-state index contributed by atoms with van der Waals surface area (Å²) >= 11 is 0. The highest BCUT2D eigenvalue weighted by molar-refractivity contribution is 5.86. The van der Waals surface area contributed by atoms with E-state index in [4.69, 9.17) is 5.11 Å². The summed E-state index contributed by atoms with van der Waals surface area (Å²) in [6.45, 7) is 6.07. The predicted molar refractivity (Wildman–Crippen MR) is 57.6 cm³/mol. The minimum atomic E-state index is -1.02. The van der Waals surface area contributed by atoms with Crippen LogP contribution in [0.4, 0.5) is 0 Å². The molecule has 1 N–H and O–H groups in total. The first-order valence-corrected chi connectivity index (χ1v) is 4.96.